The lowest BCUT2D eigenvalue weighted by molar-refractivity contribution is -0.122. The van der Waals surface area contributed by atoms with Crippen LogP contribution in [-0.2, 0) is 11.2 Å². The van der Waals surface area contributed by atoms with Crippen molar-refractivity contribution >= 4 is 25.0 Å². The average molecular weight is 489 g/mol. The summed E-state index contributed by atoms with van der Waals surface area (Å²) >= 11 is 0. The van der Waals surface area contributed by atoms with Crippen LogP contribution in [0.3, 0.4) is 0 Å². The Morgan fingerprint density at radius 1 is 1.09 bits per heavy atom. The van der Waals surface area contributed by atoms with Crippen LogP contribution in [0.4, 0.5) is 8.78 Å². The number of aromatic nitrogens is 1. The van der Waals surface area contributed by atoms with Crippen LogP contribution >= 0.6 is 0 Å². The van der Waals surface area contributed by atoms with E-state index >= 15 is 0 Å². The standard InChI is InChI=1S/C24H26F2N2O5Si/c1-28(24(31)20-13-22(30)27-33-20)23(14-6-8-16(32-2)9-7-14)19(29)11-15-10-18(26)21(12-17(15)25)34(3,4)5/h6-10,12-13,23H,11H2,1-5H3,(H,27,30)/t23-/m1/s1. The molecule has 180 valence electrons. The molecule has 1 amide bonds. The summed E-state index contributed by atoms with van der Waals surface area (Å²) in [6.07, 6.45) is -0.444. The number of carbonyl (C=O) groups excluding carboxylic acids is 2. The third-order valence-electron chi connectivity index (χ3n) is 5.49. The van der Waals surface area contributed by atoms with E-state index in [1.807, 2.05) is 24.8 Å². The molecular formula is C24H26F2N2O5Si. The molecule has 34 heavy (non-hydrogen) atoms. The topological polar surface area (TPSA) is 92.6 Å². The van der Waals surface area contributed by atoms with E-state index in [0.29, 0.717) is 16.5 Å². The highest BCUT2D eigenvalue weighted by Crippen LogP contribution is 2.27. The van der Waals surface area contributed by atoms with Crippen LogP contribution in [0.5, 0.6) is 5.75 Å². The lowest BCUT2D eigenvalue weighted by atomic mass is 9.95. The van der Waals surface area contributed by atoms with Gasteiger partial charge in [0.1, 0.15) is 23.4 Å². The maximum Gasteiger partial charge on any atom is 0.293 e. The molecule has 0 saturated heterocycles. The Hall–Kier alpha value is -3.53. The van der Waals surface area contributed by atoms with E-state index in [1.165, 1.54) is 14.2 Å². The second-order valence-corrected chi connectivity index (χ2v) is 14.0. The van der Waals surface area contributed by atoms with Crippen molar-refractivity contribution in [2.45, 2.75) is 32.1 Å². The number of halogens is 2. The second-order valence-electron chi connectivity index (χ2n) is 8.99. The van der Waals surface area contributed by atoms with Gasteiger partial charge in [0, 0.05) is 13.5 Å². The van der Waals surface area contributed by atoms with Crippen LogP contribution in [-0.4, -0.2) is 44.0 Å². The van der Waals surface area contributed by atoms with Crippen LogP contribution in [0, 0.1) is 11.6 Å². The van der Waals surface area contributed by atoms with E-state index in [4.69, 9.17) is 9.26 Å². The molecule has 1 aromatic heterocycles. The predicted molar refractivity (Wildman–Crippen MR) is 125 cm³/mol. The summed E-state index contributed by atoms with van der Waals surface area (Å²) in [5.74, 6) is -2.24. The number of nitrogens with one attached hydrogen (secondary N) is 1. The first-order valence-electron chi connectivity index (χ1n) is 10.5. The second kappa shape index (κ2) is 9.76. The lowest BCUT2D eigenvalue weighted by Gasteiger charge is -2.27. The lowest BCUT2D eigenvalue weighted by Crippen LogP contribution is -2.40. The fourth-order valence-electron chi connectivity index (χ4n) is 3.67. The summed E-state index contributed by atoms with van der Waals surface area (Å²) in [5, 5.41) is 2.37. The molecule has 0 radical (unpaired) electrons. The summed E-state index contributed by atoms with van der Waals surface area (Å²) in [6.45, 7) is 5.69. The molecule has 10 heteroatoms. The molecule has 0 unspecified atom stereocenters. The summed E-state index contributed by atoms with van der Waals surface area (Å²) < 4.78 is 39.6. The Morgan fingerprint density at radius 2 is 1.74 bits per heavy atom. The van der Waals surface area contributed by atoms with Crippen molar-refractivity contribution in [3.05, 3.63) is 81.3 Å². The first kappa shape index (κ1) is 25.1. The molecule has 0 aliphatic heterocycles. The van der Waals surface area contributed by atoms with Gasteiger partial charge in [0.2, 0.25) is 5.76 Å². The minimum Gasteiger partial charge on any atom is -0.497 e. The van der Waals surface area contributed by atoms with Gasteiger partial charge < -0.3 is 14.2 Å². The number of ether oxygens (including phenoxy) is 1. The van der Waals surface area contributed by atoms with Gasteiger partial charge in [-0.25, -0.2) is 8.78 Å². The third kappa shape index (κ3) is 5.33. The van der Waals surface area contributed by atoms with Crippen molar-refractivity contribution in [1.82, 2.24) is 10.1 Å². The van der Waals surface area contributed by atoms with Crippen LogP contribution in [0.2, 0.25) is 19.6 Å². The van der Waals surface area contributed by atoms with Crippen molar-refractivity contribution in [3.8, 4) is 5.75 Å². The number of likely N-dealkylation sites (N-methyl/N-ethyl adjacent to an activating group) is 1. The number of rotatable bonds is 8. The van der Waals surface area contributed by atoms with Gasteiger partial charge in [-0.15, -0.1) is 0 Å². The minimum atomic E-state index is -2.13. The van der Waals surface area contributed by atoms with Gasteiger partial charge in [0.05, 0.1) is 21.3 Å². The molecular weight excluding hydrogens is 462 g/mol. The summed E-state index contributed by atoms with van der Waals surface area (Å²) in [4.78, 5) is 38.8. The molecule has 0 fully saturated rings. The first-order chi connectivity index (χ1) is 15.9. The number of methoxy groups -OCH3 is 1. The van der Waals surface area contributed by atoms with Crippen LogP contribution in [0.1, 0.15) is 27.7 Å². The van der Waals surface area contributed by atoms with Gasteiger partial charge in [-0.05, 0) is 40.6 Å². The van der Waals surface area contributed by atoms with Crippen LogP contribution in [0.15, 0.2) is 51.8 Å². The van der Waals surface area contributed by atoms with Crippen molar-refractivity contribution < 1.29 is 27.6 Å². The Balaban J connectivity index is 1.98. The third-order valence-corrected chi connectivity index (χ3v) is 7.49. The van der Waals surface area contributed by atoms with E-state index < -0.39 is 49.4 Å². The normalized spacial score (nSPS) is 12.3. The van der Waals surface area contributed by atoms with E-state index in [0.717, 1.165) is 23.1 Å². The number of nitrogens with zero attached hydrogens (tertiary/aromatic N) is 1. The number of hydrogen-bond donors (Lipinski definition) is 1. The Labute approximate surface area is 196 Å². The fourth-order valence-corrected chi connectivity index (χ4v) is 5.02. The molecule has 3 rings (SSSR count). The number of hydrogen-bond acceptors (Lipinski definition) is 5. The zero-order valence-corrected chi connectivity index (χ0v) is 20.6. The summed E-state index contributed by atoms with van der Waals surface area (Å²) in [6, 6.07) is 8.47. The predicted octanol–water partition coefficient (Wildman–Crippen LogP) is 3.43. The van der Waals surface area contributed by atoms with Gasteiger partial charge >= 0.3 is 0 Å². The van der Waals surface area contributed by atoms with Crippen LogP contribution in [0.25, 0.3) is 0 Å². The highest BCUT2D eigenvalue weighted by atomic mass is 28.3. The van der Waals surface area contributed by atoms with Crippen molar-refractivity contribution in [3.63, 3.8) is 0 Å². The Kier molecular flexibility index (Phi) is 7.20. The van der Waals surface area contributed by atoms with Crippen LogP contribution < -0.4 is 15.5 Å². The molecule has 0 aliphatic carbocycles. The van der Waals surface area contributed by atoms with Gasteiger partial charge in [-0.1, -0.05) is 31.8 Å². The largest absolute Gasteiger partial charge is 0.497 e. The molecule has 3 aromatic rings. The van der Waals surface area contributed by atoms with Crippen molar-refractivity contribution in [2.24, 2.45) is 0 Å². The molecule has 0 spiro atoms. The number of Topliss-reactive ketones (excluding diaryl/α,β-unsaturated/α-hetero) is 1. The number of amides is 1. The Morgan fingerprint density at radius 3 is 2.26 bits per heavy atom. The molecule has 1 N–H and O–H groups in total. The minimum absolute atomic E-state index is 0.1000. The number of aromatic amines is 1. The zero-order valence-electron chi connectivity index (χ0n) is 19.6. The smallest absolute Gasteiger partial charge is 0.293 e. The maximum absolute atomic E-state index is 14.9. The van der Waals surface area contributed by atoms with Gasteiger partial charge in [-0.3, -0.25) is 14.4 Å². The fraction of sp³-hybridized carbons (Fsp3) is 0.292. The van der Waals surface area contributed by atoms with E-state index in [-0.39, 0.29) is 11.3 Å². The van der Waals surface area contributed by atoms with E-state index in [2.05, 4.69) is 0 Å². The van der Waals surface area contributed by atoms with E-state index in [1.54, 1.807) is 24.3 Å². The highest BCUT2D eigenvalue weighted by molar-refractivity contribution is 6.88. The van der Waals surface area contributed by atoms with Gasteiger partial charge in [0.25, 0.3) is 11.5 Å². The summed E-state index contributed by atoms with van der Waals surface area (Å²) in [7, 11) is 0.730. The summed E-state index contributed by atoms with van der Waals surface area (Å²) in [5.41, 5.74) is -0.278. The quantitative estimate of drug-likeness (QED) is 0.491. The molecule has 0 aliphatic rings. The van der Waals surface area contributed by atoms with Gasteiger partial charge in [0.15, 0.2) is 5.78 Å². The monoisotopic (exact) mass is 488 g/mol. The zero-order chi connectivity index (χ0) is 25.2. The van der Waals surface area contributed by atoms with Crippen molar-refractivity contribution in [1.29, 1.82) is 0 Å². The molecule has 0 bridgehead atoms. The average Bonchev–Trinajstić information content (AvgIpc) is 3.21. The number of H-pyrrole nitrogens is 1. The molecule has 1 atom stereocenters. The highest BCUT2D eigenvalue weighted by Gasteiger charge is 2.32. The molecule has 0 saturated carbocycles. The van der Waals surface area contributed by atoms with Gasteiger partial charge in [-0.2, -0.15) is 5.16 Å². The Bertz CT molecular complexity index is 1260. The number of carbonyl (C=O) groups is 2. The number of ketones is 1. The molecule has 7 nitrogen and oxygen atoms in total. The van der Waals surface area contributed by atoms with E-state index in [9.17, 15) is 23.2 Å². The SMILES string of the molecule is COc1ccc([C@H](C(=O)Cc2cc(F)c([Si](C)(C)C)cc2F)N(C)C(=O)c2cc(=O)[nH]o2)cc1. The first-order valence-corrected chi connectivity index (χ1v) is 14.0. The molecule has 2 aromatic carbocycles. The molecule has 1 heterocycles. The number of benzene rings is 2. The van der Waals surface area contributed by atoms with Crippen molar-refractivity contribution in [2.75, 3.05) is 14.2 Å². The maximum atomic E-state index is 14.9.